The summed E-state index contributed by atoms with van der Waals surface area (Å²) in [6.07, 6.45) is 1.64. The molecule has 0 bridgehead atoms. The van der Waals surface area contributed by atoms with Crippen LogP contribution >= 0.6 is 11.8 Å². The van der Waals surface area contributed by atoms with E-state index in [-0.39, 0.29) is 11.2 Å². The van der Waals surface area contributed by atoms with Gasteiger partial charge in [0, 0.05) is 12.1 Å². The van der Waals surface area contributed by atoms with Gasteiger partial charge in [0.25, 0.3) is 5.22 Å². The SMILES string of the molecule is C=CCNC(=O)C(C)Sc1nnc(-c2cc(C)cc(C)c2)o1. The van der Waals surface area contributed by atoms with Crippen molar-refractivity contribution in [2.75, 3.05) is 6.54 Å². The van der Waals surface area contributed by atoms with Gasteiger partial charge in [-0.1, -0.05) is 35.0 Å². The maximum atomic E-state index is 11.8. The molecule has 1 amide bonds. The summed E-state index contributed by atoms with van der Waals surface area (Å²) in [5, 5.41) is 10.9. The Morgan fingerprint density at radius 1 is 1.36 bits per heavy atom. The first-order valence-corrected chi connectivity index (χ1v) is 7.85. The second-order valence-electron chi connectivity index (χ2n) is 5.04. The van der Waals surface area contributed by atoms with Gasteiger partial charge in [-0.3, -0.25) is 4.79 Å². The molecule has 0 spiro atoms. The number of carbonyl (C=O) groups is 1. The molecule has 0 aliphatic carbocycles. The molecule has 2 rings (SSSR count). The molecule has 1 aromatic carbocycles. The van der Waals surface area contributed by atoms with Crippen molar-refractivity contribution < 1.29 is 9.21 Å². The Kier molecular flexibility index (Phi) is 5.38. The van der Waals surface area contributed by atoms with E-state index >= 15 is 0 Å². The molecule has 116 valence electrons. The Balaban J connectivity index is 2.08. The first-order chi connectivity index (χ1) is 10.5. The van der Waals surface area contributed by atoms with Gasteiger partial charge in [-0.2, -0.15) is 0 Å². The summed E-state index contributed by atoms with van der Waals surface area (Å²) in [6, 6.07) is 6.08. The van der Waals surface area contributed by atoms with Crippen molar-refractivity contribution in [2.45, 2.75) is 31.2 Å². The lowest BCUT2D eigenvalue weighted by Gasteiger charge is -2.07. The Labute approximate surface area is 134 Å². The molecular weight excluding hydrogens is 298 g/mol. The number of carbonyl (C=O) groups excluding carboxylic acids is 1. The minimum Gasteiger partial charge on any atom is -0.411 e. The molecule has 22 heavy (non-hydrogen) atoms. The van der Waals surface area contributed by atoms with Gasteiger partial charge in [-0.05, 0) is 32.9 Å². The first-order valence-electron chi connectivity index (χ1n) is 6.97. The number of benzene rings is 1. The zero-order chi connectivity index (χ0) is 16.1. The van der Waals surface area contributed by atoms with E-state index in [4.69, 9.17) is 4.42 Å². The number of aryl methyl sites for hydroxylation is 2. The maximum Gasteiger partial charge on any atom is 0.277 e. The van der Waals surface area contributed by atoms with E-state index in [0.717, 1.165) is 16.7 Å². The zero-order valence-corrected chi connectivity index (χ0v) is 13.7. The van der Waals surface area contributed by atoms with E-state index in [1.54, 1.807) is 13.0 Å². The number of nitrogens with zero attached hydrogens (tertiary/aromatic N) is 2. The van der Waals surface area contributed by atoms with Gasteiger partial charge in [0.1, 0.15) is 0 Å². The van der Waals surface area contributed by atoms with E-state index in [2.05, 4.69) is 28.2 Å². The Hall–Kier alpha value is -2.08. The number of thioether (sulfide) groups is 1. The smallest absolute Gasteiger partial charge is 0.277 e. The first kappa shape index (κ1) is 16.3. The summed E-state index contributed by atoms with van der Waals surface area (Å²) in [7, 11) is 0. The van der Waals surface area contributed by atoms with Crippen LogP contribution in [0.4, 0.5) is 0 Å². The van der Waals surface area contributed by atoms with Crippen molar-refractivity contribution in [3.05, 3.63) is 42.0 Å². The van der Waals surface area contributed by atoms with Gasteiger partial charge in [0.05, 0.1) is 5.25 Å². The second-order valence-corrected chi connectivity index (χ2v) is 6.34. The molecule has 0 aliphatic rings. The van der Waals surface area contributed by atoms with Crippen molar-refractivity contribution in [3.8, 4) is 11.5 Å². The summed E-state index contributed by atoms with van der Waals surface area (Å²) >= 11 is 1.24. The van der Waals surface area contributed by atoms with E-state index in [0.29, 0.717) is 17.7 Å². The lowest BCUT2D eigenvalue weighted by Crippen LogP contribution is -2.30. The van der Waals surface area contributed by atoms with Crippen LogP contribution in [0.25, 0.3) is 11.5 Å². The van der Waals surface area contributed by atoms with Crippen molar-refractivity contribution in [1.82, 2.24) is 15.5 Å². The highest BCUT2D eigenvalue weighted by molar-refractivity contribution is 8.00. The van der Waals surface area contributed by atoms with Crippen molar-refractivity contribution >= 4 is 17.7 Å². The van der Waals surface area contributed by atoms with Crippen molar-refractivity contribution in [2.24, 2.45) is 0 Å². The van der Waals surface area contributed by atoms with E-state index < -0.39 is 0 Å². The largest absolute Gasteiger partial charge is 0.411 e. The minimum atomic E-state index is -0.313. The van der Waals surface area contributed by atoms with Gasteiger partial charge in [0.2, 0.25) is 11.8 Å². The Bertz CT molecular complexity index is 662. The molecule has 1 atom stereocenters. The second kappa shape index (κ2) is 7.26. The number of hydrogen-bond donors (Lipinski definition) is 1. The predicted molar refractivity (Wildman–Crippen MR) is 87.7 cm³/mol. The number of amides is 1. The third-order valence-electron chi connectivity index (χ3n) is 2.94. The normalized spacial score (nSPS) is 12.0. The Morgan fingerprint density at radius 2 is 2.05 bits per heavy atom. The highest BCUT2D eigenvalue weighted by atomic mass is 32.2. The molecule has 0 radical (unpaired) electrons. The molecule has 1 heterocycles. The van der Waals surface area contributed by atoms with Gasteiger partial charge in [0.15, 0.2) is 0 Å². The van der Waals surface area contributed by atoms with Gasteiger partial charge >= 0.3 is 0 Å². The molecule has 5 nitrogen and oxygen atoms in total. The van der Waals surface area contributed by atoms with Crippen LogP contribution in [0.3, 0.4) is 0 Å². The zero-order valence-electron chi connectivity index (χ0n) is 12.9. The minimum absolute atomic E-state index is 0.0870. The average Bonchev–Trinajstić information content (AvgIpc) is 2.92. The monoisotopic (exact) mass is 317 g/mol. The third-order valence-corrected chi connectivity index (χ3v) is 3.88. The predicted octanol–water partition coefficient (Wildman–Crippen LogP) is 3.14. The van der Waals surface area contributed by atoms with Gasteiger partial charge in [-0.15, -0.1) is 16.8 Å². The van der Waals surface area contributed by atoms with E-state index in [9.17, 15) is 4.79 Å². The van der Waals surface area contributed by atoms with Crippen LogP contribution in [-0.2, 0) is 4.79 Å². The molecule has 6 heteroatoms. The third kappa shape index (κ3) is 4.21. The molecule has 0 aliphatic heterocycles. The topological polar surface area (TPSA) is 68.0 Å². The molecule has 0 fully saturated rings. The van der Waals surface area contributed by atoms with Crippen molar-refractivity contribution in [1.29, 1.82) is 0 Å². The van der Waals surface area contributed by atoms with Crippen LogP contribution in [0.5, 0.6) is 0 Å². The molecular formula is C16H19N3O2S. The quantitative estimate of drug-likeness (QED) is 0.655. The summed E-state index contributed by atoms with van der Waals surface area (Å²) in [6.45, 7) is 9.85. The van der Waals surface area contributed by atoms with Crippen LogP contribution in [0.2, 0.25) is 0 Å². The number of hydrogen-bond acceptors (Lipinski definition) is 5. The molecule has 2 aromatic rings. The fourth-order valence-corrected chi connectivity index (χ4v) is 2.70. The maximum absolute atomic E-state index is 11.8. The number of rotatable bonds is 6. The highest BCUT2D eigenvalue weighted by Crippen LogP contribution is 2.27. The summed E-state index contributed by atoms with van der Waals surface area (Å²) in [5.74, 6) is 0.379. The molecule has 1 N–H and O–H groups in total. The van der Waals surface area contributed by atoms with Crippen LogP contribution in [0, 0.1) is 13.8 Å². The summed E-state index contributed by atoms with van der Waals surface area (Å²) in [5.41, 5.74) is 3.17. The van der Waals surface area contributed by atoms with Gasteiger partial charge in [-0.25, -0.2) is 0 Å². The van der Waals surface area contributed by atoms with Gasteiger partial charge < -0.3 is 9.73 Å². The number of aromatic nitrogens is 2. The van der Waals surface area contributed by atoms with E-state index in [1.807, 2.05) is 26.0 Å². The standard InChI is InChI=1S/C16H19N3O2S/c1-5-6-17-14(20)12(4)22-16-19-18-15(21-16)13-8-10(2)7-11(3)9-13/h5,7-9,12H,1,6H2,2-4H3,(H,17,20). The fourth-order valence-electron chi connectivity index (χ4n) is 1.99. The number of nitrogens with one attached hydrogen (secondary N) is 1. The van der Waals surface area contributed by atoms with Crippen LogP contribution < -0.4 is 5.32 Å². The Morgan fingerprint density at radius 3 is 2.68 bits per heavy atom. The molecule has 1 aromatic heterocycles. The van der Waals surface area contributed by atoms with Crippen LogP contribution in [0.1, 0.15) is 18.1 Å². The molecule has 1 unspecified atom stereocenters. The van der Waals surface area contributed by atoms with Crippen molar-refractivity contribution in [3.63, 3.8) is 0 Å². The van der Waals surface area contributed by atoms with Crippen LogP contribution in [-0.4, -0.2) is 27.9 Å². The lowest BCUT2D eigenvalue weighted by molar-refractivity contribution is -0.120. The summed E-state index contributed by atoms with van der Waals surface area (Å²) < 4.78 is 5.65. The lowest BCUT2D eigenvalue weighted by atomic mass is 10.1. The molecule has 0 saturated carbocycles. The highest BCUT2D eigenvalue weighted by Gasteiger charge is 2.18. The molecule has 0 saturated heterocycles. The fraction of sp³-hybridized carbons (Fsp3) is 0.312. The average molecular weight is 317 g/mol. The summed E-state index contributed by atoms with van der Waals surface area (Å²) in [4.78, 5) is 11.8. The van der Waals surface area contributed by atoms with E-state index in [1.165, 1.54) is 11.8 Å². The van der Waals surface area contributed by atoms with Crippen LogP contribution in [0.15, 0.2) is 40.5 Å².